The first-order chi connectivity index (χ1) is 14.8. The molecule has 0 atom stereocenters. The Morgan fingerprint density at radius 1 is 0.800 bits per heavy atom. The molecule has 0 amide bonds. The van der Waals surface area contributed by atoms with Gasteiger partial charge in [-0.2, -0.15) is 0 Å². The second-order valence-electron chi connectivity index (χ2n) is 9.09. The molecular formula is C24H34N6. The number of benzene rings is 1. The minimum Gasteiger partial charge on any atom is -0.353 e. The summed E-state index contributed by atoms with van der Waals surface area (Å²) in [5.41, 5.74) is 6.93. The SMILES string of the molecule is c1cc(-c2ccc(N3CCN(CC4CC4)CC3)nn2)ccc1CNN1CCCCC1. The lowest BCUT2D eigenvalue weighted by Gasteiger charge is -2.35. The lowest BCUT2D eigenvalue weighted by atomic mass is 10.1. The molecule has 0 bridgehead atoms. The largest absolute Gasteiger partial charge is 0.353 e. The molecule has 1 aromatic heterocycles. The second kappa shape index (κ2) is 9.41. The Morgan fingerprint density at radius 3 is 2.23 bits per heavy atom. The topological polar surface area (TPSA) is 47.5 Å². The Hall–Kier alpha value is -2.02. The van der Waals surface area contributed by atoms with Gasteiger partial charge in [0.1, 0.15) is 0 Å². The first-order valence-corrected chi connectivity index (χ1v) is 11.7. The summed E-state index contributed by atoms with van der Waals surface area (Å²) in [5, 5.41) is 11.4. The summed E-state index contributed by atoms with van der Waals surface area (Å²) in [6, 6.07) is 13.0. The van der Waals surface area contributed by atoms with Crippen LogP contribution in [0.5, 0.6) is 0 Å². The van der Waals surface area contributed by atoms with Gasteiger partial charge in [-0.3, -0.25) is 10.3 Å². The Bertz CT molecular complexity index is 787. The van der Waals surface area contributed by atoms with Crippen molar-refractivity contribution in [3.63, 3.8) is 0 Å². The maximum absolute atomic E-state index is 4.54. The van der Waals surface area contributed by atoms with Crippen molar-refractivity contribution >= 4 is 5.82 Å². The van der Waals surface area contributed by atoms with E-state index in [0.29, 0.717) is 0 Å². The van der Waals surface area contributed by atoms with Crippen LogP contribution in [0.2, 0.25) is 0 Å². The van der Waals surface area contributed by atoms with Gasteiger partial charge >= 0.3 is 0 Å². The molecule has 1 N–H and O–H groups in total. The highest BCUT2D eigenvalue weighted by atomic mass is 15.5. The summed E-state index contributed by atoms with van der Waals surface area (Å²) in [6.45, 7) is 8.91. The van der Waals surface area contributed by atoms with Gasteiger partial charge in [0.05, 0.1) is 5.69 Å². The standard InChI is InChI=1S/C24H34N6/c1-2-12-30(13-3-1)25-18-20-6-8-22(9-7-20)23-10-11-24(27-26-23)29-16-14-28(15-17-29)19-21-4-5-21/h6-11,21,25H,1-5,12-19H2. The van der Waals surface area contributed by atoms with Gasteiger partial charge in [0, 0.05) is 57.9 Å². The number of nitrogens with zero attached hydrogens (tertiary/aromatic N) is 5. The zero-order valence-corrected chi connectivity index (χ0v) is 18.0. The van der Waals surface area contributed by atoms with Crippen molar-refractivity contribution in [2.75, 3.05) is 50.7 Å². The third-order valence-electron chi connectivity index (χ3n) is 6.67. The lowest BCUT2D eigenvalue weighted by molar-refractivity contribution is 0.151. The fourth-order valence-corrected chi connectivity index (χ4v) is 4.52. The maximum atomic E-state index is 4.54. The molecule has 1 aliphatic carbocycles. The molecule has 6 nitrogen and oxygen atoms in total. The van der Waals surface area contributed by atoms with Crippen LogP contribution in [-0.2, 0) is 6.54 Å². The summed E-state index contributed by atoms with van der Waals surface area (Å²) in [6.07, 6.45) is 6.84. The minimum atomic E-state index is 0.887. The van der Waals surface area contributed by atoms with Crippen molar-refractivity contribution in [1.29, 1.82) is 0 Å². The van der Waals surface area contributed by atoms with E-state index in [1.807, 2.05) is 0 Å². The van der Waals surface area contributed by atoms with Crippen molar-refractivity contribution in [3.8, 4) is 11.3 Å². The third kappa shape index (κ3) is 5.17. The van der Waals surface area contributed by atoms with E-state index in [2.05, 4.69) is 66.8 Å². The molecule has 160 valence electrons. The number of piperidine rings is 1. The molecule has 3 aliphatic rings. The summed E-state index contributed by atoms with van der Waals surface area (Å²) in [5.74, 6) is 1.98. The molecule has 3 fully saturated rings. The summed E-state index contributed by atoms with van der Waals surface area (Å²) in [7, 11) is 0. The Labute approximate surface area is 180 Å². The van der Waals surface area contributed by atoms with Crippen LogP contribution < -0.4 is 10.3 Å². The van der Waals surface area contributed by atoms with Gasteiger partial charge in [0.25, 0.3) is 0 Å². The van der Waals surface area contributed by atoms with Gasteiger partial charge < -0.3 is 4.90 Å². The van der Waals surface area contributed by atoms with Crippen molar-refractivity contribution < 1.29 is 0 Å². The molecule has 1 aromatic carbocycles. The highest BCUT2D eigenvalue weighted by molar-refractivity contribution is 5.60. The van der Waals surface area contributed by atoms with Crippen molar-refractivity contribution in [3.05, 3.63) is 42.0 Å². The Morgan fingerprint density at radius 2 is 1.57 bits per heavy atom. The van der Waals surface area contributed by atoms with E-state index in [1.54, 1.807) is 0 Å². The number of piperazine rings is 1. The van der Waals surface area contributed by atoms with Crippen LogP contribution >= 0.6 is 0 Å². The molecule has 5 rings (SSSR count). The lowest BCUT2D eigenvalue weighted by Crippen LogP contribution is -2.47. The van der Waals surface area contributed by atoms with E-state index >= 15 is 0 Å². The van der Waals surface area contributed by atoms with Crippen molar-refractivity contribution in [1.82, 2.24) is 25.5 Å². The van der Waals surface area contributed by atoms with E-state index < -0.39 is 0 Å². The smallest absolute Gasteiger partial charge is 0.151 e. The van der Waals surface area contributed by atoms with Crippen molar-refractivity contribution in [2.45, 2.75) is 38.6 Å². The van der Waals surface area contributed by atoms with Crippen LogP contribution in [0, 0.1) is 5.92 Å². The number of nitrogens with one attached hydrogen (secondary N) is 1. The van der Waals surface area contributed by atoms with E-state index in [9.17, 15) is 0 Å². The number of aromatic nitrogens is 2. The predicted molar refractivity (Wildman–Crippen MR) is 121 cm³/mol. The average molecular weight is 407 g/mol. The maximum Gasteiger partial charge on any atom is 0.151 e. The number of anilines is 1. The first kappa shape index (κ1) is 19.9. The highest BCUT2D eigenvalue weighted by Crippen LogP contribution is 2.30. The normalized spacial score (nSPS) is 21.1. The number of hydrazine groups is 1. The van der Waals surface area contributed by atoms with Crippen LogP contribution in [0.3, 0.4) is 0 Å². The fraction of sp³-hybridized carbons (Fsp3) is 0.583. The number of hydrogen-bond donors (Lipinski definition) is 1. The molecule has 0 unspecified atom stereocenters. The Kier molecular flexibility index (Phi) is 6.25. The molecule has 1 saturated carbocycles. The van der Waals surface area contributed by atoms with Gasteiger partial charge in [-0.25, -0.2) is 5.01 Å². The predicted octanol–water partition coefficient (Wildman–Crippen LogP) is 3.17. The third-order valence-corrected chi connectivity index (χ3v) is 6.67. The first-order valence-electron chi connectivity index (χ1n) is 11.7. The van der Waals surface area contributed by atoms with Gasteiger partial charge in [-0.15, -0.1) is 10.2 Å². The summed E-state index contributed by atoms with van der Waals surface area (Å²) >= 11 is 0. The summed E-state index contributed by atoms with van der Waals surface area (Å²) < 4.78 is 0. The molecule has 0 radical (unpaired) electrons. The van der Waals surface area contributed by atoms with E-state index in [1.165, 1.54) is 44.2 Å². The van der Waals surface area contributed by atoms with E-state index in [-0.39, 0.29) is 0 Å². The van der Waals surface area contributed by atoms with Crippen LogP contribution in [0.4, 0.5) is 5.82 Å². The van der Waals surface area contributed by atoms with Crippen LogP contribution in [0.1, 0.15) is 37.7 Å². The minimum absolute atomic E-state index is 0.887. The monoisotopic (exact) mass is 406 g/mol. The van der Waals surface area contributed by atoms with E-state index in [4.69, 9.17) is 0 Å². The second-order valence-corrected chi connectivity index (χ2v) is 9.09. The summed E-state index contributed by atoms with van der Waals surface area (Å²) in [4.78, 5) is 4.98. The average Bonchev–Trinajstić information content (AvgIpc) is 3.64. The molecule has 2 aliphatic heterocycles. The van der Waals surface area contributed by atoms with Gasteiger partial charge in [-0.1, -0.05) is 30.7 Å². The number of rotatable bonds is 7. The van der Waals surface area contributed by atoms with Crippen molar-refractivity contribution in [2.24, 2.45) is 5.92 Å². The van der Waals surface area contributed by atoms with Gasteiger partial charge in [0.2, 0.25) is 0 Å². The van der Waals surface area contributed by atoms with E-state index in [0.717, 1.165) is 68.8 Å². The highest BCUT2D eigenvalue weighted by Gasteiger charge is 2.26. The van der Waals surface area contributed by atoms with Crippen LogP contribution in [0.15, 0.2) is 36.4 Å². The number of hydrogen-bond acceptors (Lipinski definition) is 6. The fourth-order valence-electron chi connectivity index (χ4n) is 4.52. The van der Waals surface area contributed by atoms with Gasteiger partial charge in [-0.05, 0) is 49.3 Å². The molecule has 2 aromatic rings. The Balaban J connectivity index is 1.13. The molecule has 2 saturated heterocycles. The molecule has 30 heavy (non-hydrogen) atoms. The van der Waals surface area contributed by atoms with Gasteiger partial charge in [0.15, 0.2) is 5.82 Å². The zero-order chi connectivity index (χ0) is 20.2. The molecule has 0 spiro atoms. The molecule has 6 heteroatoms. The molecular weight excluding hydrogens is 372 g/mol. The van der Waals surface area contributed by atoms with Crippen LogP contribution in [-0.4, -0.2) is 65.9 Å². The quantitative estimate of drug-likeness (QED) is 0.762. The zero-order valence-electron chi connectivity index (χ0n) is 18.0. The van der Waals surface area contributed by atoms with Crippen LogP contribution in [0.25, 0.3) is 11.3 Å². The molecule has 3 heterocycles.